The van der Waals surface area contributed by atoms with Crippen LogP contribution in [0, 0.1) is 23.6 Å². The number of anilines is 1. The first-order chi connectivity index (χ1) is 20.1. The first kappa shape index (κ1) is 29.4. The van der Waals surface area contributed by atoms with Crippen molar-refractivity contribution in [2.24, 2.45) is 17.8 Å². The van der Waals surface area contributed by atoms with Crippen LogP contribution in [0.25, 0.3) is 0 Å². The molecule has 0 radical (unpaired) electrons. The lowest BCUT2D eigenvalue weighted by Crippen LogP contribution is -2.60. The number of hydrogen-bond donors (Lipinski definition) is 1. The van der Waals surface area contributed by atoms with Gasteiger partial charge < -0.3 is 9.84 Å². The van der Waals surface area contributed by atoms with Crippen LogP contribution in [0.1, 0.15) is 31.2 Å². The molecule has 6 rings (SSSR count). The van der Waals surface area contributed by atoms with Crippen LogP contribution in [-0.2, 0) is 19.2 Å². The van der Waals surface area contributed by atoms with E-state index in [0.29, 0.717) is 4.90 Å². The molecule has 2 aromatic carbocycles. The number of carbonyl (C=O) groups excluding carboxylic acids is 4. The molecule has 43 heavy (non-hydrogen) atoms. The largest absolute Gasteiger partial charge is 0.573 e. The number of hydrogen-bond acceptors (Lipinski definition) is 6. The highest BCUT2D eigenvalue weighted by atomic mass is 35.5. The van der Waals surface area contributed by atoms with Crippen molar-refractivity contribution in [2.75, 3.05) is 11.4 Å². The van der Waals surface area contributed by atoms with E-state index in [1.807, 2.05) is 0 Å². The average molecular weight is 641 g/mol. The van der Waals surface area contributed by atoms with Gasteiger partial charge in [-0.25, -0.2) is 9.29 Å². The van der Waals surface area contributed by atoms with Gasteiger partial charge in [0.25, 0.3) is 11.8 Å². The third kappa shape index (κ3) is 4.09. The number of halogens is 6. The summed E-state index contributed by atoms with van der Waals surface area (Å²) in [4.78, 5) is 51.9. The molecule has 0 aromatic heterocycles. The summed E-state index contributed by atoms with van der Waals surface area (Å²) in [6.07, 6.45) is -3.86. The molecule has 4 aliphatic rings. The van der Waals surface area contributed by atoms with Crippen molar-refractivity contribution < 1.29 is 46.6 Å². The van der Waals surface area contributed by atoms with E-state index in [2.05, 4.69) is 4.74 Å². The van der Waals surface area contributed by atoms with Crippen LogP contribution in [-0.4, -0.2) is 56.3 Å². The lowest BCUT2D eigenvalue weighted by atomic mass is 9.56. The van der Waals surface area contributed by atoms with Gasteiger partial charge in [-0.3, -0.25) is 24.1 Å². The van der Waals surface area contributed by atoms with E-state index in [1.165, 1.54) is 0 Å². The molecule has 1 saturated carbocycles. The molecule has 0 unspecified atom stereocenters. The Morgan fingerprint density at radius 3 is 2.30 bits per heavy atom. The molecular formula is C29H22Cl2F4N2O6. The van der Waals surface area contributed by atoms with E-state index in [1.54, 1.807) is 13.0 Å². The number of phenolic OH excluding ortho intramolecular Hbond substituents is 1. The molecule has 8 nitrogen and oxygen atoms in total. The van der Waals surface area contributed by atoms with Crippen molar-refractivity contribution in [2.45, 2.75) is 41.8 Å². The van der Waals surface area contributed by atoms with E-state index >= 15 is 0 Å². The first-order valence-corrected chi connectivity index (χ1v) is 14.1. The Morgan fingerprint density at radius 1 is 1.00 bits per heavy atom. The van der Waals surface area contributed by atoms with Crippen molar-refractivity contribution in [3.63, 3.8) is 0 Å². The van der Waals surface area contributed by atoms with Crippen molar-refractivity contribution in [1.82, 2.24) is 4.90 Å². The van der Waals surface area contributed by atoms with Crippen molar-refractivity contribution in [3.05, 3.63) is 65.5 Å². The quantitative estimate of drug-likeness (QED) is 0.218. The third-order valence-corrected chi connectivity index (χ3v) is 10.3. The molecule has 2 saturated heterocycles. The minimum Gasteiger partial charge on any atom is -0.508 e. The zero-order valence-electron chi connectivity index (χ0n) is 22.2. The zero-order valence-corrected chi connectivity index (χ0v) is 23.7. The number of phenols is 1. The number of ether oxygens (including phenoxy) is 1. The molecule has 0 spiro atoms. The SMILES string of the molecule is CCN1C(=O)[C@H]2[C@H](CC=C3[C@H]2C[C@@]2(Cl)C(=O)N(c4ccc(F)cc4)C(=O)[C@@]2(Cl)[C@H]3c2cc(OC(F)(F)F)ccc2O)C1=O. The Hall–Kier alpha value is -3.64. The van der Waals surface area contributed by atoms with Crippen LogP contribution >= 0.6 is 23.2 Å². The zero-order chi connectivity index (χ0) is 31.2. The van der Waals surface area contributed by atoms with Gasteiger partial charge in [0.1, 0.15) is 17.3 Å². The normalized spacial score (nSPS) is 32.0. The van der Waals surface area contributed by atoms with Gasteiger partial charge in [-0.15, -0.1) is 36.4 Å². The highest BCUT2D eigenvalue weighted by molar-refractivity contribution is 6.58. The Bertz CT molecular complexity index is 1610. The second-order valence-corrected chi connectivity index (χ2v) is 12.2. The summed E-state index contributed by atoms with van der Waals surface area (Å²) in [5.41, 5.74) is -0.0994. The molecule has 2 aliphatic heterocycles. The van der Waals surface area contributed by atoms with Gasteiger partial charge in [0, 0.05) is 18.0 Å². The number of fused-ring (bicyclic) bond motifs is 4. The van der Waals surface area contributed by atoms with Crippen molar-refractivity contribution >= 4 is 52.5 Å². The van der Waals surface area contributed by atoms with Gasteiger partial charge in [0.15, 0.2) is 9.75 Å². The van der Waals surface area contributed by atoms with Crippen LogP contribution in [0.2, 0.25) is 0 Å². The summed E-state index contributed by atoms with van der Waals surface area (Å²) in [7, 11) is 0. The summed E-state index contributed by atoms with van der Waals surface area (Å²) >= 11 is 14.3. The first-order valence-electron chi connectivity index (χ1n) is 13.3. The molecule has 6 atom stereocenters. The van der Waals surface area contributed by atoms with Crippen LogP contribution in [0.5, 0.6) is 11.5 Å². The molecule has 0 bridgehead atoms. The Kier molecular flexibility index (Phi) is 6.63. The topological polar surface area (TPSA) is 104 Å². The minimum absolute atomic E-state index is 0.0413. The molecule has 14 heteroatoms. The third-order valence-electron chi connectivity index (χ3n) is 8.85. The number of rotatable bonds is 4. The summed E-state index contributed by atoms with van der Waals surface area (Å²) < 4.78 is 57.3. The lowest BCUT2D eigenvalue weighted by molar-refractivity contribution is -0.274. The van der Waals surface area contributed by atoms with Gasteiger partial charge in [0.2, 0.25) is 11.8 Å². The van der Waals surface area contributed by atoms with Gasteiger partial charge >= 0.3 is 6.36 Å². The summed E-state index contributed by atoms with van der Waals surface area (Å²) in [5, 5.41) is 11.0. The highest BCUT2D eigenvalue weighted by Gasteiger charge is 2.76. The molecule has 3 fully saturated rings. The number of likely N-dealkylation sites (tertiary alicyclic amines) is 1. The second kappa shape index (κ2) is 9.68. The summed E-state index contributed by atoms with van der Waals surface area (Å²) in [6.45, 7) is 1.72. The smallest absolute Gasteiger partial charge is 0.508 e. The molecular weight excluding hydrogens is 619 g/mol. The molecule has 1 N–H and O–H groups in total. The number of amides is 4. The number of carbonyl (C=O) groups is 4. The maximum atomic E-state index is 14.2. The van der Waals surface area contributed by atoms with E-state index in [9.17, 15) is 41.8 Å². The van der Waals surface area contributed by atoms with Crippen LogP contribution in [0.4, 0.5) is 23.2 Å². The number of aromatic hydroxyl groups is 1. The molecule has 2 aromatic rings. The summed E-state index contributed by atoms with van der Waals surface area (Å²) in [6, 6.07) is 6.97. The fraction of sp³-hybridized carbons (Fsp3) is 0.379. The molecule has 2 heterocycles. The second-order valence-electron chi connectivity index (χ2n) is 10.9. The van der Waals surface area contributed by atoms with Crippen LogP contribution in [0.15, 0.2) is 54.1 Å². The number of benzene rings is 2. The van der Waals surface area contributed by atoms with Gasteiger partial charge in [0.05, 0.1) is 17.5 Å². The predicted octanol–water partition coefficient (Wildman–Crippen LogP) is 5.01. The number of nitrogens with zero attached hydrogens (tertiary/aromatic N) is 2. The summed E-state index contributed by atoms with van der Waals surface area (Å²) in [5.74, 6) is -9.23. The molecule has 2 aliphatic carbocycles. The molecule has 4 amide bonds. The van der Waals surface area contributed by atoms with Crippen LogP contribution in [0.3, 0.4) is 0 Å². The van der Waals surface area contributed by atoms with E-state index < -0.39 is 80.7 Å². The highest BCUT2D eigenvalue weighted by Crippen LogP contribution is 2.66. The Labute approximate surface area is 251 Å². The van der Waals surface area contributed by atoms with E-state index in [0.717, 1.165) is 47.4 Å². The number of imide groups is 2. The van der Waals surface area contributed by atoms with E-state index in [-0.39, 0.29) is 36.2 Å². The average Bonchev–Trinajstić information content (AvgIpc) is 3.27. The van der Waals surface area contributed by atoms with Gasteiger partial charge in [-0.2, -0.15) is 0 Å². The van der Waals surface area contributed by atoms with Crippen LogP contribution < -0.4 is 9.64 Å². The number of allylic oxidation sites excluding steroid dienone is 2. The number of alkyl halides is 5. The van der Waals surface area contributed by atoms with Crippen molar-refractivity contribution in [3.8, 4) is 11.5 Å². The van der Waals surface area contributed by atoms with Gasteiger partial charge in [-0.05, 0) is 68.1 Å². The fourth-order valence-corrected chi connectivity index (χ4v) is 8.01. The van der Waals surface area contributed by atoms with Crippen molar-refractivity contribution in [1.29, 1.82) is 0 Å². The minimum atomic E-state index is -5.10. The standard InChI is InChI=1S/C29H22Cl2F4N2O6/c1-2-36-23(39)17-9-8-16-19(21(17)24(36)40)12-27(30)25(41)37(14-5-3-13(32)4-6-14)26(42)28(27,31)22(16)18-11-15(7-10-20(18)38)43-29(33,34)35/h3-8,10-11,17,19,21-22,38H,2,9,12H2,1H3/t17-,19+,21-,22+,27+,28-/m0/s1. The van der Waals surface area contributed by atoms with Gasteiger partial charge in [-0.1, -0.05) is 11.6 Å². The Morgan fingerprint density at radius 2 is 1.67 bits per heavy atom. The monoisotopic (exact) mass is 640 g/mol. The maximum absolute atomic E-state index is 14.2. The fourth-order valence-electron chi connectivity index (χ4n) is 7.08. The Balaban J connectivity index is 1.58. The maximum Gasteiger partial charge on any atom is 0.573 e. The van der Waals surface area contributed by atoms with E-state index in [4.69, 9.17) is 23.2 Å². The predicted molar refractivity (Wildman–Crippen MR) is 144 cm³/mol. The molecule has 226 valence electrons. The lowest BCUT2D eigenvalue weighted by Gasteiger charge is -2.50.